The van der Waals surface area contributed by atoms with Crippen LogP contribution in [-0.4, -0.2) is 34.1 Å². The van der Waals surface area contributed by atoms with E-state index >= 15 is 0 Å². The molecule has 0 aromatic carbocycles. The number of fused-ring (bicyclic) bond motifs is 1. The molecule has 1 saturated heterocycles. The average molecular weight is 232 g/mol. The maximum Gasteiger partial charge on any atom is 0.296 e. The minimum Gasteiger partial charge on any atom is -0.463 e. The molecule has 0 radical (unpaired) electrons. The summed E-state index contributed by atoms with van der Waals surface area (Å²) in [6.07, 6.45) is 5.46. The molecule has 2 aromatic rings. The van der Waals surface area contributed by atoms with Gasteiger partial charge in [0.25, 0.3) is 6.01 Å². The van der Waals surface area contributed by atoms with Gasteiger partial charge >= 0.3 is 0 Å². The van der Waals surface area contributed by atoms with E-state index in [9.17, 15) is 0 Å². The van der Waals surface area contributed by atoms with E-state index in [2.05, 4.69) is 20.3 Å². The fraction of sp³-hybridized carbons (Fsp3) is 0.500. The summed E-state index contributed by atoms with van der Waals surface area (Å²) in [5, 5.41) is 3.44. The first kappa shape index (κ1) is 10.5. The third-order valence-electron chi connectivity index (χ3n) is 3.07. The number of H-pyrrole nitrogens is 1. The van der Waals surface area contributed by atoms with Gasteiger partial charge in [0.2, 0.25) is 0 Å². The van der Waals surface area contributed by atoms with Gasteiger partial charge in [-0.25, -0.2) is 4.98 Å². The highest BCUT2D eigenvalue weighted by atomic mass is 16.5. The van der Waals surface area contributed by atoms with Crippen molar-refractivity contribution >= 4 is 11.2 Å². The lowest BCUT2D eigenvalue weighted by Crippen LogP contribution is -2.38. The van der Waals surface area contributed by atoms with E-state index in [1.54, 1.807) is 6.20 Å². The van der Waals surface area contributed by atoms with Crippen molar-refractivity contribution in [2.75, 3.05) is 13.2 Å². The standard InChI is InChI=1S/C12H16N4O/c1-2-6-13-9(4-1)8-17-12-15-10-5-3-7-14-11(10)16-12/h3,5,7,9,13H,1-2,4,6,8H2,(H,14,15,16)/t9-/m0/s1. The summed E-state index contributed by atoms with van der Waals surface area (Å²) in [5.41, 5.74) is 1.62. The second-order valence-corrected chi connectivity index (χ2v) is 4.37. The van der Waals surface area contributed by atoms with Crippen molar-refractivity contribution in [1.82, 2.24) is 20.3 Å². The number of nitrogens with one attached hydrogen (secondary N) is 2. The molecular weight excluding hydrogens is 216 g/mol. The Balaban J connectivity index is 1.64. The summed E-state index contributed by atoms with van der Waals surface area (Å²) in [6.45, 7) is 1.76. The molecule has 5 heteroatoms. The molecule has 1 aliphatic rings. The summed E-state index contributed by atoms with van der Waals surface area (Å²) in [4.78, 5) is 11.6. The van der Waals surface area contributed by atoms with E-state index in [-0.39, 0.29) is 0 Å². The van der Waals surface area contributed by atoms with Crippen molar-refractivity contribution in [2.24, 2.45) is 0 Å². The monoisotopic (exact) mass is 232 g/mol. The first-order chi connectivity index (χ1) is 8.42. The molecule has 0 aliphatic carbocycles. The Bertz CT molecular complexity index is 457. The van der Waals surface area contributed by atoms with Crippen LogP contribution in [0.5, 0.6) is 6.01 Å². The van der Waals surface area contributed by atoms with Crippen molar-refractivity contribution in [3.05, 3.63) is 18.3 Å². The first-order valence-electron chi connectivity index (χ1n) is 6.09. The van der Waals surface area contributed by atoms with Crippen LogP contribution in [0.15, 0.2) is 18.3 Å². The van der Waals surface area contributed by atoms with Gasteiger partial charge in [-0.05, 0) is 31.5 Å². The Hall–Kier alpha value is -1.62. The van der Waals surface area contributed by atoms with Crippen LogP contribution in [0, 0.1) is 0 Å². The summed E-state index contributed by atoms with van der Waals surface area (Å²) in [7, 11) is 0. The van der Waals surface area contributed by atoms with Crippen LogP contribution in [0.2, 0.25) is 0 Å². The maximum absolute atomic E-state index is 5.66. The zero-order valence-corrected chi connectivity index (χ0v) is 9.65. The largest absolute Gasteiger partial charge is 0.463 e. The number of piperidine rings is 1. The number of aromatic nitrogens is 3. The third kappa shape index (κ3) is 2.39. The molecule has 3 rings (SSSR count). The lowest BCUT2D eigenvalue weighted by Gasteiger charge is -2.22. The molecule has 5 nitrogen and oxygen atoms in total. The van der Waals surface area contributed by atoms with E-state index in [1.807, 2.05) is 12.1 Å². The van der Waals surface area contributed by atoms with Crippen LogP contribution in [0.4, 0.5) is 0 Å². The summed E-state index contributed by atoms with van der Waals surface area (Å²) in [6, 6.07) is 4.84. The summed E-state index contributed by atoms with van der Waals surface area (Å²) >= 11 is 0. The van der Waals surface area contributed by atoms with Gasteiger partial charge < -0.3 is 15.0 Å². The van der Waals surface area contributed by atoms with Crippen molar-refractivity contribution in [1.29, 1.82) is 0 Å². The van der Waals surface area contributed by atoms with Gasteiger partial charge in [0, 0.05) is 12.2 Å². The SMILES string of the molecule is c1cnc2nc(OC[C@@H]3CCCCN3)[nH]c2c1. The van der Waals surface area contributed by atoms with Crippen LogP contribution < -0.4 is 10.1 Å². The fourth-order valence-electron chi connectivity index (χ4n) is 2.14. The average Bonchev–Trinajstić information content (AvgIpc) is 2.80. The highest BCUT2D eigenvalue weighted by molar-refractivity contribution is 5.70. The number of ether oxygens (including phenoxy) is 1. The second kappa shape index (κ2) is 4.71. The number of pyridine rings is 1. The smallest absolute Gasteiger partial charge is 0.296 e. The molecule has 2 aromatic heterocycles. The van der Waals surface area contributed by atoms with E-state index in [4.69, 9.17) is 4.74 Å². The summed E-state index contributed by atoms with van der Waals surface area (Å²) < 4.78 is 5.66. The lowest BCUT2D eigenvalue weighted by atomic mass is 10.1. The van der Waals surface area contributed by atoms with Gasteiger partial charge in [0.05, 0.1) is 5.52 Å². The van der Waals surface area contributed by atoms with Crippen LogP contribution in [0.1, 0.15) is 19.3 Å². The predicted molar refractivity (Wildman–Crippen MR) is 65.0 cm³/mol. The van der Waals surface area contributed by atoms with E-state index < -0.39 is 0 Å². The predicted octanol–water partition coefficient (Wildman–Crippen LogP) is 1.48. The number of nitrogens with zero attached hydrogens (tertiary/aromatic N) is 2. The van der Waals surface area contributed by atoms with Gasteiger partial charge in [-0.3, -0.25) is 0 Å². The molecule has 0 spiro atoms. The second-order valence-electron chi connectivity index (χ2n) is 4.37. The van der Waals surface area contributed by atoms with Gasteiger partial charge in [-0.15, -0.1) is 0 Å². The minimum absolute atomic E-state index is 0.449. The summed E-state index contributed by atoms with van der Waals surface area (Å²) in [5.74, 6) is 0. The molecule has 3 heterocycles. The zero-order valence-electron chi connectivity index (χ0n) is 9.65. The number of hydrogen-bond acceptors (Lipinski definition) is 4. The molecule has 1 aliphatic heterocycles. The highest BCUT2D eigenvalue weighted by Crippen LogP contribution is 2.14. The zero-order chi connectivity index (χ0) is 11.5. The van der Waals surface area contributed by atoms with Crippen LogP contribution in [0.25, 0.3) is 11.2 Å². The molecule has 1 fully saturated rings. The Morgan fingerprint density at radius 3 is 3.24 bits per heavy atom. The normalized spacial score (nSPS) is 20.6. The van der Waals surface area contributed by atoms with Gasteiger partial charge in [-0.1, -0.05) is 6.42 Å². The Labute approximate surface area is 99.6 Å². The van der Waals surface area contributed by atoms with Crippen molar-refractivity contribution in [3.8, 4) is 6.01 Å². The molecule has 17 heavy (non-hydrogen) atoms. The Kier molecular flexibility index (Phi) is 2.92. The Morgan fingerprint density at radius 1 is 1.41 bits per heavy atom. The maximum atomic E-state index is 5.66. The van der Waals surface area contributed by atoms with E-state index in [1.165, 1.54) is 19.3 Å². The molecule has 1 atom stereocenters. The molecule has 0 saturated carbocycles. The number of imidazole rings is 1. The van der Waals surface area contributed by atoms with Crippen LogP contribution in [-0.2, 0) is 0 Å². The van der Waals surface area contributed by atoms with Gasteiger partial charge in [0.1, 0.15) is 6.61 Å². The molecule has 0 amide bonds. The van der Waals surface area contributed by atoms with E-state index in [0.717, 1.165) is 12.1 Å². The van der Waals surface area contributed by atoms with E-state index in [0.29, 0.717) is 24.3 Å². The molecular formula is C12H16N4O. The Morgan fingerprint density at radius 2 is 2.41 bits per heavy atom. The highest BCUT2D eigenvalue weighted by Gasteiger charge is 2.14. The molecule has 0 unspecified atom stereocenters. The van der Waals surface area contributed by atoms with Crippen LogP contribution >= 0.6 is 0 Å². The topological polar surface area (TPSA) is 62.8 Å². The number of rotatable bonds is 3. The van der Waals surface area contributed by atoms with Crippen molar-refractivity contribution < 1.29 is 4.74 Å². The lowest BCUT2D eigenvalue weighted by molar-refractivity contribution is 0.226. The number of hydrogen-bond donors (Lipinski definition) is 2. The number of aromatic amines is 1. The first-order valence-corrected chi connectivity index (χ1v) is 6.09. The molecule has 90 valence electrons. The molecule has 2 N–H and O–H groups in total. The van der Waals surface area contributed by atoms with Gasteiger partial charge in [-0.2, -0.15) is 4.98 Å². The third-order valence-corrected chi connectivity index (χ3v) is 3.07. The molecule has 0 bridgehead atoms. The van der Waals surface area contributed by atoms with Crippen molar-refractivity contribution in [2.45, 2.75) is 25.3 Å². The quantitative estimate of drug-likeness (QED) is 0.841. The van der Waals surface area contributed by atoms with Crippen LogP contribution in [0.3, 0.4) is 0 Å². The van der Waals surface area contributed by atoms with Gasteiger partial charge in [0.15, 0.2) is 5.65 Å². The fourth-order valence-corrected chi connectivity index (χ4v) is 2.14. The van der Waals surface area contributed by atoms with Crippen molar-refractivity contribution in [3.63, 3.8) is 0 Å². The minimum atomic E-state index is 0.449.